The van der Waals surface area contributed by atoms with Crippen LogP contribution in [0.2, 0.25) is 0 Å². The van der Waals surface area contributed by atoms with E-state index in [9.17, 15) is 0 Å². The first-order chi connectivity index (χ1) is 9.28. The van der Waals surface area contributed by atoms with Gasteiger partial charge in [0.1, 0.15) is 18.0 Å². The van der Waals surface area contributed by atoms with Gasteiger partial charge < -0.3 is 10.2 Å². The minimum absolute atomic E-state index is 0.897. The molecule has 0 aliphatic carbocycles. The molecule has 4 heteroatoms. The second kappa shape index (κ2) is 8.73. The smallest absolute Gasteiger partial charge is 0.137 e. The van der Waals surface area contributed by atoms with Gasteiger partial charge in [-0.2, -0.15) is 0 Å². The third kappa shape index (κ3) is 4.37. The number of anilines is 2. The van der Waals surface area contributed by atoms with E-state index < -0.39 is 0 Å². The first-order valence-electron chi connectivity index (χ1n) is 7.61. The molecule has 1 aromatic rings. The van der Waals surface area contributed by atoms with Gasteiger partial charge in [-0.3, -0.25) is 0 Å². The molecule has 0 aliphatic rings. The molecule has 0 saturated heterocycles. The van der Waals surface area contributed by atoms with Crippen molar-refractivity contribution in [2.45, 2.75) is 53.4 Å². The highest BCUT2D eigenvalue weighted by molar-refractivity contribution is 5.58. The second-order valence-corrected chi connectivity index (χ2v) is 4.74. The fourth-order valence-electron chi connectivity index (χ4n) is 2.24. The Morgan fingerprint density at radius 1 is 1.11 bits per heavy atom. The van der Waals surface area contributed by atoms with Crippen LogP contribution in [0.15, 0.2) is 6.33 Å². The highest BCUT2D eigenvalue weighted by Gasteiger charge is 2.15. The maximum atomic E-state index is 4.54. The zero-order valence-electron chi connectivity index (χ0n) is 12.9. The van der Waals surface area contributed by atoms with Crippen LogP contribution >= 0.6 is 0 Å². The van der Waals surface area contributed by atoms with Crippen LogP contribution in [0.4, 0.5) is 11.6 Å². The summed E-state index contributed by atoms with van der Waals surface area (Å²) in [7, 11) is 0. The molecule has 0 spiro atoms. The zero-order chi connectivity index (χ0) is 14.1. The first kappa shape index (κ1) is 15.7. The van der Waals surface area contributed by atoms with E-state index in [0.29, 0.717) is 0 Å². The fourth-order valence-corrected chi connectivity index (χ4v) is 2.24. The van der Waals surface area contributed by atoms with Crippen LogP contribution in [0.5, 0.6) is 0 Å². The second-order valence-electron chi connectivity index (χ2n) is 4.74. The molecule has 108 valence electrons. The van der Waals surface area contributed by atoms with E-state index in [1.165, 1.54) is 18.4 Å². The molecule has 1 aromatic heterocycles. The molecule has 1 N–H and O–H groups in total. The Morgan fingerprint density at radius 2 is 1.89 bits per heavy atom. The Morgan fingerprint density at radius 3 is 2.47 bits per heavy atom. The largest absolute Gasteiger partial charge is 0.370 e. The van der Waals surface area contributed by atoms with E-state index in [2.05, 4.69) is 47.9 Å². The maximum absolute atomic E-state index is 4.54. The number of rotatable bonds is 9. The summed E-state index contributed by atoms with van der Waals surface area (Å²) in [6, 6.07) is 0. The van der Waals surface area contributed by atoms with Crippen molar-refractivity contribution in [1.29, 1.82) is 0 Å². The van der Waals surface area contributed by atoms with E-state index in [1.54, 1.807) is 6.33 Å². The molecule has 0 fully saturated rings. The van der Waals surface area contributed by atoms with Crippen LogP contribution in [0.3, 0.4) is 0 Å². The lowest BCUT2D eigenvalue weighted by molar-refractivity contribution is 0.716. The predicted octanol–water partition coefficient (Wildman–Crippen LogP) is 3.49. The van der Waals surface area contributed by atoms with Crippen molar-refractivity contribution in [1.82, 2.24) is 9.97 Å². The van der Waals surface area contributed by atoms with Crippen molar-refractivity contribution in [3.8, 4) is 0 Å². The van der Waals surface area contributed by atoms with Crippen molar-refractivity contribution in [3.05, 3.63) is 11.9 Å². The molecule has 0 radical (unpaired) electrons. The maximum Gasteiger partial charge on any atom is 0.137 e. The van der Waals surface area contributed by atoms with Crippen LogP contribution in [0.25, 0.3) is 0 Å². The van der Waals surface area contributed by atoms with Crippen LogP contribution < -0.4 is 10.2 Å². The summed E-state index contributed by atoms with van der Waals surface area (Å²) >= 11 is 0. The van der Waals surface area contributed by atoms with Gasteiger partial charge in [-0.25, -0.2) is 9.97 Å². The van der Waals surface area contributed by atoms with Crippen molar-refractivity contribution < 1.29 is 0 Å². The van der Waals surface area contributed by atoms with Crippen LogP contribution in [0.1, 0.15) is 52.5 Å². The minimum Gasteiger partial charge on any atom is -0.370 e. The summed E-state index contributed by atoms with van der Waals surface area (Å²) in [5, 5.41) is 3.36. The van der Waals surface area contributed by atoms with E-state index in [4.69, 9.17) is 0 Å². The monoisotopic (exact) mass is 264 g/mol. The normalized spacial score (nSPS) is 10.5. The summed E-state index contributed by atoms with van der Waals surface area (Å²) in [6.07, 6.45) is 6.25. The van der Waals surface area contributed by atoms with Gasteiger partial charge in [0.25, 0.3) is 0 Å². The molecule has 0 amide bonds. The predicted molar refractivity (Wildman–Crippen MR) is 83.0 cm³/mol. The number of hydrogen-bond acceptors (Lipinski definition) is 4. The summed E-state index contributed by atoms with van der Waals surface area (Å²) in [5.74, 6) is 2.12. The van der Waals surface area contributed by atoms with Gasteiger partial charge in [-0.1, -0.05) is 26.7 Å². The van der Waals surface area contributed by atoms with Gasteiger partial charge >= 0.3 is 0 Å². The van der Waals surface area contributed by atoms with Crippen LogP contribution in [-0.4, -0.2) is 29.6 Å². The lowest BCUT2D eigenvalue weighted by Crippen LogP contribution is -2.26. The van der Waals surface area contributed by atoms with Gasteiger partial charge in [0, 0.05) is 25.2 Å². The van der Waals surface area contributed by atoms with E-state index in [0.717, 1.165) is 44.1 Å². The molecule has 0 bridgehead atoms. The van der Waals surface area contributed by atoms with E-state index in [1.807, 2.05) is 0 Å². The summed E-state index contributed by atoms with van der Waals surface area (Å²) in [4.78, 5) is 11.3. The summed E-state index contributed by atoms with van der Waals surface area (Å²) < 4.78 is 0. The lowest BCUT2D eigenvalue weighted by Gasteiger charge is -2.25. The summed E-state index contributed by atoms with van der Waals surface area (Å²) in [6.45, 7) is 11.7. The van der Waals surface area contributed by atoms with Crippen molar-refractivity contribution in [2.75, 3.05) is 29.9 Å². The van der Waals surface area contributed by atoms with E-state index >= 15 is 0 Å². The lowest BCUT2D eigenvalue weighted by atomic mass is 10.1. The molecular weight excluding hydrogens is 236 g/mol. The number of aromatic nitrogens is 2. The Hall–Kier alpha value is -1.32. The Bertz CT molecular complexity index is 365. The SMILES string of the molecule is CCCCN(CC)c1ncnc(NCC)c1CCC. The Balaban J connectivity index is 3.04. The van der Waals surface area contributed by atoms with Gasteiger partial charge in [0.05, 0.1) is 0 Å². The third-order valence-electron chi connectivity index (χ3n) is 3.23. The van der Waals surface area contributed by atoms with Crippen molar-refractivity contribution in [3.63, 3.8) is 0 Å². The molecule has 19 heavy (non-hydrogen) atoms. The molecule has 1 rings (SSSR count). The standard InChI is InChI=1S/C15H28N4/c1-5-9-11-19(8-4)15-13(10-6-2)14(16-7-3)17-12-18-15/h12H,5-11H2,1-4H3,(H,16,17,18). The molecule has 4 nitrogen and oxygen atoms in total. The summed E-state index contributed by atoms with van der Waals surface area (Å²) in [5.41, 5.74) is 1.27. The van der Waals surface area contributed by atoms with Gasteiger partial charge in [-0.15, -0.1) is 0 Å². The third-order valence-corrected chi connectivity index (χ3v) is 3.23. The quantitative estimate of drug-likeness (QED) is 0.741. The number of nitrogens with one attached hydrogen (secondary N) is 1. The highest BCUT2D eigenvalue weighted by atomic mass is 15.2. The Labute approximate surface area is 117 Å². The zero-order valence-corrected chi connectivity index (χ0v) is 12.9. The number of hydrogen-bond donors (Lipinski definition) is 1. The first-order valence-corrected chi connectivity index (χ1v) is 7.61. The Kier molecular flexibility index (Phi) is 7.23. The average Bonchev–Trinajstić information content (AvgIpc) is 2.43. The molecule has 0 atom stereocenters. The van der Waals surface area contributed by atoms with Crippen molar-refractivity contribution >= 4 is 11.6 Å². The van der Waals surface area contributed by atoms with Gasteiger partial charge in [-0.05, 0) is 26.7 Å². The van der Waals surface area contributed by atoms with Gasteiger partial charge in [0.2, 0.25) is 0 Å². The molecular formula is C15H28N4. The minimum atomic E-state index is 0.897. The molecule has 0 saturated carbocycles. The fraction of sp³-hybridized carbons (Fsp3) is 0.733. The topological polar surface area (TPSA) is 41.1 Å². The van der Waals surface area contributed by atoms with Crippen LogP contribution in [-0.2, 0) is 6.42 Å². The van der Waals surface area contributed by atoms with E-state index in [-0.39, 0.29) is 0 Å². The number of nitrogens with zero attached hydrogens (tertiary/aromatic N) is 3. The average molecular weight is 264 g/mol. The van der Waals surface area contributed by atoms with Crippen molar-refractivity contribution in [2.24, 2.45) is 0 Å². The molecule has 0 aliphatic heterocycles. The number of unbranched alkanes of at least 4 members (excludes halogenated alkanes) is 1. The molecule has 0 aromatic carbocycles. The molecule has 0 unspecified atom stereocenters. The van der Waals surface area contributed by atoms with Crippen LogP contribution in [0, 0.1) is 0 Å². The highest BCUT2D eigenvalue weighted by Crippen LogP contribution is 2.25. The van der Waals surface area contributed by atoms with Gasteiger partial charge in [0.15, 0.2) is 0 Å². The molecule has 1 heterocycles.